The molecule has 3 rings (SSSR count). The second-order valence-corrected chi connectivity index (χ2v) is 7.25. The van der Waals surface area contributed by atoms with Crippen molar-refractivity contribution in [2.75, 3.05) is 5.32 Å². The van der Waals surface area contributed by atoms with Gasteiger partial charge in [0.1, 0.15) is 0 Å². The molecule has 1 amide bonds. The monoisotopic (exact) mass is 361 g/mol. The Morgan fingerprint density at radius 2 is 1.77 bits per heavy atom. The highest BCUT2D eigenvalue weighted by Gasteiger charge is 2.44. The first-order chi connectivity index (χ1) is 12.2. The maximum Gasteiger partial charge on any atom is 0.416 e. The van der Waals surface area contributed by atoms with Gasteiger partial charge in [-0.25, -0.2) is 0 Å². The van der Waals surface area contributed by atoms with Crippen molar-refractivity contribution in [3.8, 4) is 0 Å². The van der Waals surface area contributed by atoms with Gasteiger partial charge in [-0.3, -0.25) is 4.79 Å². The van der Waals surface area contributed by atoms with E-state index in [9.17, 15) is 18.0 Å². The number of halogens is 3. The lowest BCUT2D eigenvalue weighted by molar-refractivity contribution is -0.137. The molecule has 5 heteroatoms. The van der Waals surface area contributed by atoms with Gasteiger partial charge in [-0.05, 0) is 54.0 Å². The van der Waals surface area contributed by atoms with Crippen LogP contribution in [0.1, 0.15) is 54.4 Å². The number of benzene rings is 2. The number of anilines is 1. The molecule has 2 aromatic rings. The molecule has 0 aliphatic heterocycles. The largest absolute Gasteiger partial charge is 0.416 e. The number of aryl methyl sites for hydroxylation is 1. The zero-order valence-electron chi connectivity index (χ0n) is 15.0. The number of carbonyl (C=O) groups is 1. The molecule has 0 spiro atoms. The van der Waals surface area contributed by atoms with Crippen LogP contribution in [0.2, 0.25) is 0 Å². The fourth-order valence-corrected chi connectivity index (χ4v) is 3.33. The molecule has 2 aromatic carbocycles. The van der Waals surface area contributed by atoms with Crippen molar-refractivity contribution >= 4 is 11.6 Å². The molecule has 0 heterocycles. The smallest absolute Gasteiger partial charge is 0.325 e. The summed E-state index contributed by atoms with van der Waals surface area (Å²) in [4.78, 5) is 12.6. The number of amides is 1. The SMILES string of the molecule is Cc1cccc(C(C)C)c1NC(=O)C1CC1c1ccc(C(F)(F)F)cc1. The Kier molecular flexibility index (Phi) is 4.82. The summed E-state index contributed by atoms with van der Waals surface area (Å²) in [5.41, 5.74) is 3.07. The molecule has 2 atom stereocenters. The fourth-order valence-electron chi connectivity index (χ4n) is 3.33. The molecule has 2 nitrogen and oxygen atoms in total. The van der Waals surface area contributed by atoms with Gasteiger partial charge in [-0.2, -0.15) is 13.2 Å². The Balaban J connectivity index is 1.71. The maximum absolute atomic E-state index is 12.7. The van der Waals surface area contributed by atoms with Crippen molar-refractivity contribution in [3.63, 3.8) is 0 Å². The average molecular weight is 361 g/mol. The minimum atomic E-state index is -4.34. The highest BCUT2D eigenvalue weighted by Crippen LogP contribution is 2.48. The Hall–Kier alpha value is -2.30. The molecule has 2 unspecified atom stereocenters. The normalized spacial score (nSPS) is 19.5. The first-order valence-corrected chi connectivity index (χ1v) is 8.76. The van der Waals surface area contributed by atoms with E-state index in [4.69, 9.17) is 0 Å². The lowest BCUT2D eigenvalue weighted by atomic mass is 9.98. The van der Waals surface area contributed by atoms with E-state index in [2.05, 4.69) is 19.2 Å². The van der Waals surface area contributed by atoms with Crippen LogP contribution < -0.4 is 5.32 Å². The summed E-state index contributed by atoms with van der Waals surface area (Å²) in [6.07, 6.45) is -3.67. The van der Waals surface area contributed by atoms with Gasteiger partial charge in [0.05, 0.1) is 5.56 Å². The van der Waals surface area contributed by atoms with Crippen molar-refractivity contribution in [1.29, 1.82) is 0 Å². The van der Waals surface area contributed by atoms with E-state index in [0.29, 0.717) is 6.42 Å². The lowest BCUT2D eigenvalue weighted by Crippen LogP contribution is -2.17. The highest BCUT2D eigenvalue weighted by atomic mass is 19.4. The number of rotatable bonds is 4. The van der Waals surface area contributed by atoms with Gasteiger partial charge in [-0.15, -0.1) is 0 Å². The van der Waals surface area contributed by atoms with Crippen molar-refractivity contribution in [3.05, 3.63) is 64.7 Å². The van der Waals surface area contributed by atoms with Gasteiger partial charge < -0.3 is 5.32 Å². The number of carbonyl (C=O) groups excluding carboxylic acids is 1. The fraction of sp³-hybridized carbons (Fsp3) is 0.381. The molecule has 1 aliphatic rings. The van der Waals surface area contributed by atoms with Crippen LogP contribution in [0.5, 0.6) is 0 Å². The van der Waals surface area contributed by atoms with E-state index in [0.717, 1.165) is 34.5 Å². The Labute approximate surface area is 151 Å². The summed E-state index contributed by atoms with van der Waals surface area (Å²) >= 11 is 0. The van der Waals surface area contributed by atoms with Crippen molar-refractivity contribution in [2.24, 2.45) is 5.92 Å². The summed E-state index contributed by atoms with van der Waals surface area (Å²) in [6, 6.07) is 11.1. The standard InChI is InChI=1S/C21H22F3NO/c1-12(2)16-6-4-5-13(3)19(16)25-20(26)18-11-17(18)14-7-9-15(10-8-14)21(22,23)24/h4-10,12,17-18H,11H2,1-3H3,(H,25,26). The zero-order valence-corrected chi connectivity index (χ0v) is 15.0. The molecule has 138 valence electrons. The van der Waals surface area contributed by atoms with E-state index in [1.807, 2.05) is 25.1 Å². The summed E-state index contributed by atoms with van der Waals surface area (Å²) < 4.78 is 38.0. The third kappa shape index (κ3) is 3.76. The first-order valence-electron chi connectivity index (χ1n) is 8.76. The number of hydrogen-bond acceptors (Lipinski definition) is 1. The summed E-state index contributed by atoms with van der Waals surface area (Å²) in [6.45, 7) is 6.11. The van der Waals surface area contributed by atoms with E-state index in [1.54, 1.807) is 0 Å². The van der Waals surface area contributed by atoms with Gasteiger partial charge in [0.15, 0.2) is 0 Å². The molecule has 1 fully saturated rings. The maximum atomic E-state index is 12.7. The average Bonchev–Trinajstić information content (AvgIpc) is 3.36. The first kappa shape index (κ1) is 18.5. The molecule has 1 saturated carbocycles. The molecule has 0 bridgehead atoms. The molecule has 1 N–H and O–H groups in total. The molecular weight excluding hydrogens is 339 g/mol. The third-order valence-electron chi connectivity index (χ3n) is 4.97. The van der Waals surface area contributed by atoms with E-state index in [1.165, 1.54) is 12.1 Å². The minimum absolute atomic E-state index is 0.0104. The Morgan fingerprint density at radius 3 is 2.35 bits per heavy atom. The summed E-state index contributed by atoms with van der Waals surface area (Å²) in [5, 5.41) is 3.04. The van der Waals surface area contributed by atoms with Crippen molar-refractivity contribution in [1.82, 2.24) is 0 Å². The van der Waals surface area contributed by atoms with Gasteiger partial charge >= 0.3 is 6.18 Å². The van der Waals surface area contributed by atoms with Crippen LogP contribution in [0.25, 0.3) is 0 Å². The van der Waals surface area contributed by atoms with Gasteiger partial charge in [0, 0.05) is 11.6 Å². The Morgan fingerprint density at radius 1 is 1.12 bits per heavy atom. The quantitative estimate of drug-likeness (QED) is 0.724. The molecule has 26 heavy (non-hydrogen) atoms. The molecule has 1 aliphatic carbocycles. The summed E-state index contributed by atoms with van der Waals surface area (Å²) in [7, 11) is 0. The van der Waals surface area contributed by atoms with Gasteiger partial charge in [0.25, 0.3) is 0 Å². The van der Waals surface area contributed by atoms with Crippen LogP contribution in [0.15, 0.2) is 42.5 Å². The van der Waals surface area contributed by atoms with Crippen LogP contribution in [-0.4, -0.2) is 5.91 Å². The predicted octanol–water partition coefficient (Wildman–Crippen LogP) is 5.88. The predicted molar refractivity (Wildman–Crippen MR) is 96.2 cm³/mol. The Bertz CT molecular complexity index is 809. The number of alkyl halides is 3. The van der Waals surface area contributed by atoms with Gasteiger partial charge in [-0.1, -0.05) is 44.2 Å². The summed E-state index contributed by atoms with van der Waals surface area (Å²) in [5.74, 6) is 0.0244. The van der Waals surface area contributed by atoms with Crippen molar-refractivity contribution in [2.45, 2.75) is 45.2 Å². The van der Waals surface area contributed by atoms with E-state index >= 15 is 0 Å². The minimum Gasteiger partial charge on any atom is -0.325 e. The topological polar surface area (TPSA) is 29.1 Å². The van der Waals surface area contributed by atoms with Crippen LogP contribution in [0.3, 0.4) is 0 Å². The number of nitrogens with one attached hydrogen (secondary N) is 1. The van der Waals surface area contributed by atoms with Crippen molar-refractivity contribution < 1.29 is 18.0 Å². The molecule has 0 radical (unpaired) electrons. The zero-order chi connectivity index (χ0) is 19.1. The van der Waals surface area contributed by atoms with Crippen LogP contribution in [0, 0.1) is 12.8 Å². The van der Waals surface area contributed by atoms with E-state index in [-0.39, 0.29) is 23.7 Å². The third-order valence-corrected chi connectivity index (χ3v) is 4.97. The highest BCUT2D eigenvalue weighted by molar-refractivity contribution is 5.96. The molecule has 0 saturated heterocycles. The van der Waals surface area contributed by atoms with Gasteiger partial charge in [0.2, 0.25) is 5.91 Å². The molecular formula is C21H22F3NO. The second kappa shape index (κ2) is 6.78. The van der Waals surface area contributed by atoms with Crippen LogP contribution in [-0.2, 0) is 11.0 Å². The number of para-hydroxylation sites is 1. The molecule has 0 aromatic heterocycles. The van der Waals surface area contributed by atoms with E-state index < -0.39 is 11.7 Å². The number of hydrogen-bond donors (Lipinski definition) is 1. The second-order valence-electron chi connectivity index (χ2n) is 7.25. The lowest BCUT2D eigenvalue weighted by Gasteiger charge is -2.16. The van der Waals surface area contributed by atoms with Crippen LogP contribution in [0.4, 0.5) is 18.9 Å². The van der Waals surface area contributed by atoms with Crippen LogP contribution >= 0.6 is 0 Å².